The molecule has 1 aliphatic heterocycles. The Balaban J connectivity index is 1.83. The number of hydrogen-bond acceptors (Lipinski definition) is 4. The maximum atomic E-state index is 12.7. The van der Waals surface area contributed by atoms with E-state index in [1.165, 1.54) is 6.07 Å². The van der Waals surface area contributed by atoms with Crippen molar-refractivity contribution in [3.8, 4) is 11.1 Å². The second kappa shape index (κ2) is 5.92. The Morgan fingerprint density at radius 2 is 1.68 bits per heavy atom. The van der Waals surface area contributed by atoms with Crippen molar-refractivity contribution in [2.24, 2.45) is 0 Å². The lowest BCUT2D eigenvalue weighted by molar-refractivity contribution is -0.137. The van der Waals surface area contributed by atoms with E-state index in [4.69, 9.17) is 0 Å². The molecule has 1 aromatic heterocycles. The summed E-state index contributed by atoms with van der Waals surface area (Å²) in [4.78, 5) is 10.6. The molecule has 116 valence electrons. The SMILES string of the molecule is FC(F)(F)c1cccc(-c2cnc(N3CCNCC3)nc2)c1. The van der Waals surface area contributed by atoms with Gasteiger partial charge in [0, 0.05) is 44.1 Å². The van der Waals surface area contributed by atoms with Crippen molar-refractivity contribution >= 4 is 5.95 Å². The fourth-order valence-corrected chi connectivity index (χ4v) is 2.37. The Bertz CT molecular complexity index is 634. The van der Waals surface area contributed by atoms with Gasteiger partial charge in [-0.25, -0.2) is 9.97 Å². The zero-order chi connectivity index (χ0) is 15.6. The molecule has 1 N–H and O–H groups in total. The summed E-state index contributed by atoms with van der Waals surface area (Å²) in [7, 11) is 0. The highest BCUT2D eigenvalue weighted by Crippen LogP contribution is 2.31. The predicted octanol–water partition coefficient (Wildman–Crippen LogP) is 2.57. The number of anilines is 1. The third kappa shape index (κ3) is 3.19. The monoisotopic (exact) mass is 308 g/mol. The molecule has 0 unspecified atom stereocenters. The lowest BCUT2D eigenvalue weighted by Gasteiger charge is -2.27. The van der Waals surface area contributed by atoms with Gasteiger partial charge in [-0.05, 0) is 17.7 Å². The highest BCUT2D eigenvalue weighted by Gasteiger charge is 2.30. The summed E-state index contributed by atoms with van der Waals surface area (Å²) < 4.78 is 38.2. The minimum absolute atomic E-state index is 0.460. The zero-order valence-corrected chi connectivity index (χ0v) is 11.8. The summed E-state index contributed by atoms with van der Waals surface area (Å²) >= 11 is 0. The number of halogens is 3. The molecule has 4 nitrogen and oxygen atoms in total. The van der Waals surface area contributed by atoms with Crippen LogP contribution in [0.1, 0.15) is 5.56 Å². The van der Waals surface area contributed by atoms with E-state index in [-0.39, 0.29) is 0 Å². The maximum absolute atomic E-state index is 12.7. The molecule has 0 radical (unpaired) electrons. The minimum Gasteiger partial charge on any atom is -0.338 e. The molecule has 0 bridgehead atoms. The maximum Gasteiger partial charge on any atom is 0.416 e. The van der Waals surface area contributed by atoms with Gasteiger partial charge in [-0.15, -0.1) is 0 Å². The van der Waals surface area contributed by atoms with Gasteiger partial charge in [-0.2, -0.15) is 13.2 Å². The van der Waals surface area contributed by atoms with Gasteiger partial charge < -0.3 is 10.2 Å². The summed E-state index contributed by atoms with van der Waals surface area (Å²) in [6.07, 6.45) is -1.21. The smallest absolute Gasteiger partial charge is 0.338 e. The first-order valence-corrected chi connectivity index (χ1v) is 6.99. The van der Waals surface area contributed by atoms with Gasteiger partial charge in [0.05, 0.1) is 5.56 Å². The molecule has 2 heterocycles. The number of rotatable bonds is 2. The van der Waals surface area contributed by atoms with Crippen molar-refractivity contribution in [1.29, 1.82) is 0 Å². The Hall–Kier alpha value is -2.15. The molecule has 7 heteroatoms. The van der Waals surface area contributed by atoms with Crippen molar-refractivity contribution in [3.05, 3.63) is 42.2 Å². The molecule has 0 amide bonds. The molecule has 2 aromatic rings. The fourth-order valence-electron chi connectivity index (χ4n) is 2.37. The van der Waals surface area contributed by atoms with Crippen LogP contribution in [0.5, 0.6) is 0 Å². The van der Waals surface area contributed by atoms with Crippen LogP contribution in [0.15, 0.2) is 36.7 Å². The van der Waals surface area contributed by atoms with Crippen LogP contribution in [0.25, 0.3) is 11.1 Å². The molecule has 1 fully saturated rings. The van der Waals surface area contributed by atoms with Crippen molar-refractivity contribution in [2.75, 3.05) is 31.1 Å². The van der Waals surface area contributed by atoms with E-state index in [9.17, 15) is 13.2 Å². The summed E-state index contributed by atoms with van der Waals surface area (Å²) in [5.41, 5.74) is 0.364. The third-order valence-electron chi connectivity index (χ3n) is 3.56. The van der Waals surface area contributed by atoms with Crippen LogP contribution < -0.4 is 10.2 Å². The second-order valence-electron chi connectivity index (χ2n) is 5.09. The highest BCUT2D eigenvalue weighted by molar-refractivity contribution is 5.63. The average Bonchev–Trinajstić information content (AvgIpc) is 2.55. The van der Waals surface area contributed by atoms with E-state index in [2.05, 4.69) is 15.3 Å². The Morgan fingerprint density at radius 3 is 2.32 bits per heavy atom. The number of hydrogen-bond donors (Lipinski definition) is 1. The molecule has 1 saturated heterocycles. The molecule has 3 rings (SSSR count). The number of alkyl halides is 3. The summed E-state index contributed by atoms with van der Waals surface area (Å²) in [5, 5.41) is 3.24. The van der Waals surface area contributed by atoms with Crippen molar-refractivity contribution in [1.82, 2.24) is 15.3 Å². The molecular formula is C15H15F3N4. The van der Waals surface area contributed by atoms with Crippen LogP contribution in [-0.2, 0) is 6.18 Å². The van der Waals surface area contributed by atoms with Gasteiger partial charge in [0.1, 0.15) is 0 Å². The third-order valence-corrected chi connectivity index (χ3v) is 3.56. The van der Waals surface area contributed by atoms with E-state index < -0.39 is 11.7 Å². The first-order valence-electron chi connectivity index (χ1n) is 6.99. The van der Waals surface area contributed by atoms with Gasteiger partial charge >= 0.3 is 6.18 Å². The number of aromatic nitrogens is 2. The number of benzene rings is 1. The highest BCUT2D eigenvalue weighted by atomic mass is 19.4. The molecule has 0 spiro atoms. The largest absolute Gasteiger partial charge is 0.416 e. The van der Waals surface area contributed by atoms with Gasteiger partial charge in [-0.3, -0.25) is 0 Å². The Labute approximate surface area is 126 Å². The average molecular weight is 308 g/mol. The standard InChI is InChI=1S/C15H15F3N4/c16-15(17,18)13-3-1-2-11(8-13)12-9-20-14(21-10-12)22-6-4-19-5-7-22/h1-3,8-10,19H,4-7H2. The zero-order valence-electron chi connectivity index (χ0n) is 11.8. The van der Waals surface area contributed by atoms with Crippen LogP contribution in [0.3, 0.4) is 0 Å². The summed E-state index contributed by atoms with van der Waals surface area (Å²) in [6, 6.07) is 5.18. The number of piperazine rings is 1. The van der Waals surface area contributed by atoms with E-state index >= 15 is 0 Å². The number of nitrogens with zero attached hydrogens (tertiary/aromatic N) is 3. The van der Waals surface area contributed by atoms with E-state index in [0.717, 1.165) is 38.3 Å². The molecular weight excluding hydrogens is 293 g/mol. The molecule has 0 saturated carbocycles. The first kappa shape index (κ1) is 14.8. The van der Waals surface area contributed by atoms with Crippen molar-refractivity contribution in [3.63, 3.8) is 0 Å². The predicted molar refractivity (Wildman–Crippen MR) is 77.6 cm³/mol. The van der Waals surface area contributed by atoms with E-state index in [1.807, 2.05) is 4.90 Å². The van der Waals surface area contributed by atoms with Crippen LogP contribution >= 0.6 is 0 Å². The molecule has 0 aliphatic carbocycles. The van der Waals surface area contributed by atoms with Gasteiger partial charge in [0.15, 0.2) is 0 Å². The van der Waals surface area contributed by atoms with Gasteiger partial charge in [-0.1, -0.05) is 12.1 Å². The van der Waals surface area contributed by atoms with Gasteiger partial charge in [0.2, 0.25) is 5.95 Å². The fraction of sp³-hybridized carbons (Fsp3) is 0.333. The molecule has 1 aromatic carbocycles. The normalized spacial score (nSPS) is 15.9. The second-order valence-corrected chi connectivity index (χ2v) is 5.09. The lowest BCUT2D eigenvalue weighted by atomic mass is 10.1. The first-order chi connectivity index (χ1) is 10.5. The topological polar surface area (TPSA) is 41.1 Å². The Morgan fingerprint density at radius 1 is 1.00 bits per heavy atom. The number of nitrogens with one attached hydrogen (secondary N) is 1. The van der Waals surface area contributed by atoms with Crippen molar-refractivity contribution < 1.29 is 13.2 Å². The lowest BCUT2D eigenvalue weighted by Crippen LogP contribution is -2.44. The minimum atomic E-state index is -4.35. The Kier molecular flexibility index (Phi) is 3.98. The summed E-state index contributed by atoms with van der Waals surface area (Å²) in [5.74, 6) is 0.609. The van der Waals surface area contributed by atoms with Crippen molar-refractivity contribution in [2.45, 2.75) is 6.18 Å². The van der Waals surface area contributed by atoms with Crippen LogP contribution in [0, 0.1) is 0 Å². The van der Waals surface area contributed by atoms with Crippen LogP contribution in [0.4, 0.5) is 19.1 Å². The van der Waals surface area contributed by atoms with Gasteiger partial charge in [0.25, 0.3) is 0 Å². The van der Waals surface area contributed by atoms with Crippen LogP contribution in [-0.4, -0.2) is 36.1 Å². The molecule has 0 atom stereocenters. The summed E-state index contributed by atoms with van der Waals surface area (Å²) in [6.45, 7) is 3.39. The van der Waals surface area contributed by atoms with E-state index in [1.54, 1.807) is 18.5 Å². The molecule has 22 heavy (non-hydrogen) atoms. The quantitative estimate of drug-likeness (QED) is 0.926. The van der Waals surface area contributed by atoms with Crippen LogP contribution in [0.2, 0.25) is 0 Å². The molecule has 1 aliphatic rings. The van der Waals surface area contributed by atoms with E-state index in [0.29, 0.717) is 17.1 Å².